The predicted molar refractivity (Wildman–Crippen MR) is 105 cm³/mol. The molecule has 2 unspecified atom stereocenters. The lowest BCUT2D eigenvalue weighted by Gasteiger charge is -2.38. The van der Waals surface area contributed by atoms with Crippen LogP contribution in [0.5, 0.6) is 0 Å². The van der Waals surface area contributed by atoms with Crippen molar-refractivity contribution in [2.45, 2.75) is 44.4 Å². The summed E-state index contributed by atoms with van der Waals surface area (Å²) in [5, 5.41) is 0. The van der Waals surface area contributed by atoms with Crippen molar-refractivity contribution in [2.24, 2.45) is 7.05 Å². The van der Waals surface area contributed by atoms with Crippen LogP contribution in [0.3, 0.4) is 0 Å². The van der Waals surface area contributed by atoms with Gasteiger partial charge in [-0.25, -0.2) is 4.98 Å². The molecule has 0 aliphatic heterocycles. The summed E-state index contributed by atoms with van der Waals surface area (Å²) in [6.07, 6.45) is 7.27. The van der Waals surface area contributed by atoms with E-state index in [1.165, 1.54) is 17.0 Å². The first-order chi connectivity index (χ1) is 12.1. The van der Waals surface area contributed by atoms with Crippen LogP contribution < -0.4 is 0 Å². The van der Waals surface area contributed by atoms with Gasteiger partial charge in [0.25, 0.3) is 0 Å². The number of hydrogen-bond donors (Lipinski definition) is 0. The number of imidazole rings is 1. The average Bonchev–Trinajstić information content (AvgIpc) is 3.06. The highest BCUT2D eigenvalue weighted by Crippen LogP contribution is 2.43. The van der Waals surface area contributed by atoms with Crippen LogP contribution in [0.2, 0.25) is 0 Å². The van der Waals surface area contributed by atoms with E-state index in [-0.39, 0.29) is 5.41 Å². The molecule has 0 saturated heterocycles. The van der Waals surface area contributed by atoms with Crippen LogP contribution in [-0.4, -0.2) is 9.55 Å². The fourth-order valence-corrected chi connectivity index (χ4v) is 4.00. The number of aryl methyl sites for hydroxylation is 1. The molecular formula is C23H28N2. The molecule has 0 aliphatic carbocycles. The van der Waals surface area contributed by atoms with Crippen LogP contribution in [0.15, 0.2) is 73.1 Å². The molecule has 130 valence electrons. The van der Waals surface area contributed by atoms with E-state index in [0.717, 1.165) is 19.3 Å². The Morgan fingerprint density at radius 1 is 1.00 bits per heavy atom. The molecule has 3 rings (SSSR count). The zero-order chi connectivity index (χ0) is 17.7. The van der Waals surface area contributed by atoms with E-state index in [2.05, 4.69) is 92.3 Å². The van der Waals surface area contributed by atoms with Gasteiger partial charge < -0.3 is 4.57 Å². The molecular weight excluding hydrogens is 304 g/mol. The number of aromatic nitrogens is 2. The maximum absolute atomic E-state index is 4.73. The molecule has 0 N–H and O–H groups in total. The van der Waals surface area contributed by atoms with Gasteiger partial charge in [-0.3, -0.25) is 0 Å². The standard InChI is InChI=1S/C23H28N2/c1-4-11-21(22-24-16-17-25(22)3)23(2,20-14-9-6-10-15-20)18-19-12-7-5-8-13-19/h5-10,12-17,21H,4,11,18H2,1-3H3. The van der Waals surface area contributed by atoms with Crippen molar-refractivity contribution in [3.8, 4) is 0 Å². The maximum atomic E-state index is 4.73. The highest BCUT2D eigenvalue weighted by atomic mass is 15.0. The van der Waals surface area contributed by atoms with Crippen LogP contribution in [-0.2, 0) is 18.9 Å². The van der Waals surface area contributed by atoms with Gasteiger partial charge >= 0.3 is 0 Å². The van der Waals surface area contributed by atoms with Crippen LogP contribution >= 0.6 is 0 Å². The number of rotatable bonds is 7. The Kier molecular flexibility index (Phi) is 5.37. The fraction of sp³-hybridized carbons (Fsp3) is 0.348. The van der Waals surface area contributed by atoms with Gasteiger partial charge in [-0.1, -0.05) is 80.9 Å². The molecule has 0 fully saturated rings. The molecule has 0 saturated carbocycles. The molecule has 0 amide bonds. The minimum absolute atomic E-state index is 0.00225. The molecule has 0 bridgehead atoms. The van der Waals surface area contributed by atoms with Crippen molar-refractivity contribution in [2.75, 3.05) is 0 Å². The van der Waals surface area contributed by atoms with E-state index in [9.17, 15) is 0 Å². The van der Waals surface area contributed by atoms with Crippen molar-refractivity contribution in [1.82, 2.24) is 9.55 Å². The van der Waals surface area contributed by atoms with Gasteiger partial charge in [0.15, 0.2) is 0 Å². The molecule has 0 radical (unpaired) electrons. The van der Waals surface area contributed by atoms with Gasteiger partial charge in [-0.2, -0.15) is 0 Å². The lowest BCUT2D eigenvalue weighted by molar-refractivity contribution is 0.333. The topological polar surface area (TPSA) is 17.8 Å². The van der Waals surface area contributed by atoms with Gasteiger partial charge in [-0.05, 0) is 24.0 Å². The molecule has 2 atom stereocenters. The summed E-state index contributed by atoms with van der Waals surface area (Å²) < 4.78 is 2.19. The van der Waals surface area contributed by atoms with E-state index < -0.39 is 0 Å². The first kappa shape index (κ1) is 17.5. The summed E-state index contributed by atoms with van der Waals surface area (Å²) in [7, 11) is 2.11. The second-order valence-corrected chi connectivity index (χ2v) is 7.18. The van der Waals surface area contributed by atoms with Gasteiger partial charge in [-0.15, -0.1) is 0 Å². The first-order valence-electron chi connectivity index (χ1n) is 9.22. The van der Waals surface area contributed by atoms with Crippen LogP contribution in [0.4, 0.5) is 0 Å². The third-order valence-electron chi connectivity index (χ3n) is 5.36. The summed E-state index contributed by atoms with van der Waals surface area (Å²) in [5.74, 6) is 1.56. The average molecular weight is 332 g/mol. The quantitative estimate of drug-likeness (QED) is 0.558. The van der Waals surface area contributed by atoms with Crippen LogP contribution in [0, 0.1) is 0 Å². The summed E-state index contributed by atoms with van der Waals surface area (Å²) in [6.45, 7) is 4.67. The molecule has 2 heteroatoms. The second-order valence-electron chi connectivity index (χ2n) is 7.18. The molecule has 0 aliphatic rings. The summed E-state index contributed by atoms with van der Waals surface area (Å²) in [6, 6.07) is 21.8. The Balaban J connectivity index is 2.10. The SMILES string of the molecule is CCCC(c1nccn1C)C(C)(Cc1ccccc1)c1ccccc1. The second kappa shape index (κ2) is 7.69. The molecule has 0 spiro atoms. The third kappa shape index (κ3) is 3.68. The van der Waals surface area contributed by atoms with Crippen molar-refractivity contribution in [1.29, 1.82) is 0 Å². The number of benzene rings is 2. The Hall–Kier alpha value is -2.35. The van der Waals surface area contributed by atoms with Gasteiger partial charge in [0, 0.05) is 30.8 Å². The molecule has 2 nitrogen and oxygen atoms in total. The zero-order valence-electron chi connectivity index (χ0n) is 15.5. The summed E-state index contributed by atoms with van der Waals surface area (Å²) in [5.41, 5.74) is 2.77. The lowest BCUT2D eigenvalue weighted by Crippen LogP contribution is -2.34. The minimum atomic E-state index is -0.00225. The van der Waals surface area contributed by atoms with Crippen molar-refractivity contribution >= 4 is 0 Å². The number of hydrogen-bond acceptors (Lipinski definition) is 1. The smallest absolute Gasteiger partial charge is 0.112 e. The van der Waals surface area contributed by atoms with Crippen molar-refractivity contribution < 1.29 is 0 Å². The van der Waals surface area contributed by atoms with E-state index in [1.807, 2.05) is 6.20 Å². The maximum Gasteiger partial charge on any atom is 0.112 e. The molecule has 1 aromatic heterocycles. The van der Waals surface area contributed by atoms with Gasteiger partial charge in [0.1, 0.15) is 5.82 Å². The van der Waals surface area contributed by atoms with Gasteiger partial charge in [0.05, 0.1) is 0 Å². The largest absolute Gasteiger partial charge is 0.338 e. The van der Waals surface area contributed by atoms with Crippen LogP contribution in [0.1, 0.15) is 49.6 Å². The highest BCUT2D eigenvalue weighted by Gasteiger charge is 2.38. The molecule has 25 heavy (non-hydrogen) atoms. The Morgan fingerprint density at radius 3 is 2.20 bits per heavy atom. The lowest BCUT2D eigenvalue weighted by atomic mass is 9.66. The summed E-state index contributed by atoms with van der Waals surface area (Å²) >= 11 is 0. The van der Waals surface area contributed by atoms with E-state index in [0.29, 0.717) is 5.92 Å². The molecule has 1 heterocycles. The van der Waals surface area contributed by atoms with Crippen molar-refractivity contribution in [3.63, 3.8) is 0 Å². The van der Waals surface area contributed by atoms with Crippen LogP contribution in [0.25, 0.3) is 0 Å². The molecule has 3 aromatic rings. The van der Waals surface area contributed by atoms with Gasteiger partial charge in [0.2, 0.25) is 0 Å². The first-order valence-corrected chi connectivity index (χ1v) is 9.22. The fourth-order valence-electron chi connectivity index (χ4n) is 4.00. The third-order valence-corrected chi connectivity index (χ3v) is 5.36. The minimum Gasteiger partial charge on any atom is -0.338 e. The Bertz CT molecular complexity index is 776. The van der Waals surface area contributed by atoms with E-state index >= 15 is 0 Å². The molecule has 2 aromatic carbocycles. The normalized spacial score (nSPS) is 14.8. The van der Waals surface area contributed by atoms with E-state index in [4.69, 9.17) is 4.98 Å². The Morgan fingerprint density at radius 2 is 1.64 bits per heavy atom. The monoisotopic (exact) mass is 332 g/mol. The zero-order valence-corrected chi connectivity index (χ0v) is 15.5. The Labute approximate surface area is 151 Å². The predicted octanol–water partition coefficient (Wildman–Crippen LogP) is 5.50. The number of nitrogens with zero attached hydrogens (tertiary/aromatic N) is 2. The van der Waals surface area contributed by atoms with Crippen molar-refractivity contribution in [3.05, 3.63) is 90.0 Å². The highest BCUT2D eigenvalue weighted by molar-refractivity contribution is 5.33. The van der Waals surface area contributed by atoms with E-state index in [1.54, 1.807) is 0 Å². The summed E-state index contributed by atoms with van der Waals surface area (Å²) in [4.78, 5) is 4.73.